The zero-order chi connectivity index (χ0) is 20.6. The van der Waals surface area contributed by atoms with Crippen molar-refractivity contribution in [3.8, 4) is 0 Å². The van der Waals surface area contributed by atoms with Gasteiger partial charge in [0.2, 0.25) is 5.91 Å². The van der Waals surface area contributed by atoms with Crippen LogP contribution in [0.15, 0.2) is 91.0 Å². The van der Waals surface area contributed by atoms with Crippen molar-refractivity contribution in [1.82, 2.24) is 15.5 Å². The molecule has 4 nitrogen and oxygen atoms in total. The molecule has 0 radical (unpaired) electrons. The van der Waals surface area contributed by atoms with Gasteiger partial charge in [-0.25, -0.2) is 0 Å². The Morgan fingerprint density at radius 2 is 1.43 bits per heavy atom. The van der Waals surface area contributed by atoms with Gasteiger partial charge in [0.15, 0.2) is 0 Å². The zero-order valence-electron chi connectivity index (χ0n) is 17.2. The van der Waals surface area contributed by atoms with Crippen LogP contribution < -0.4 is 10.6 Å². The fourth-order valence-corrected chi connectivity index (χ4v) is 4.13. The fourth-order valence-electron chi connectivity index (χ4n) is 4.13. The molecule has 1 fully saturated rings. The Balaban J connectivity index is 1.30. The van der Waals surface area contributed by atoms with Gasteiger partial charge in [-0.3, -0.25) is 15.0 Å². The van der Waals surface area contributed by atoms with E-state index in [4.69, 9.17) is 0 Å². The van der Waals surface area contributed by atoms with Crippen molar-refractivity contribution in [3.05, 3.63) is 108 Å². The number of hydrogen-bond donors (Lipinski definition) is 2. The van der Waals surface area contributed by atoms with E-state index in [0.717, 1.165) is 37.2 Å². The zero-order valence-corrected chi connectivity index (χ0v) is 17.2. The number of rotatable bonds is 8. The Hall–Kier alpha value is -2.95. The van der Waals surface area contributed by atoms with Crippen LogP contribution in [0.4, 0.5) is 0 Å². The van der Waals surface area contributed by atoms with Crippen LogP contribution >= 0.6 is 0 Å². The van der Waals surface area contributed by atoms with Crippen LogP contribution in [-0.4, -0.2) is 36.5 Å². The molecule has 1 heterocycles. The highest BCUT2D eigenvalue weighted by Crippen LogP contribution is 2.21. The van der Waals surface area contributed by atoms with Crippen molar-refractivity contribution in [2.24, 2.45) is 0 Å². The lowest BCUT2D eigenvalue weighted by Crippen LogP contribution is -2.42. The van der Waals surface area contributed by atoms with Gasteiger partial charge in [0.25, 0.3) is 0 Å². The highest BCUT2D eigenvalue weighted by atomic mass is 16.2. The molecule has 0 saturated carbocycles. The number of carbonyl (C=O) groups excluding carboxylic acids is 1. The van der Waals surface area contributed by atoms with E-state index in [1.54, 1.807) is 0 Å². The summed E-state index contributed by atoms with van der Waals surface area (Å²) < 4.78 is 0. The van der Waals surface area contributed by atoms with Crippen molar-refractivity contribution < 1.29 is 4.79 Å². The first-order valence-electron chi connectivity index (χ1n) is 10.7. The quantitative estimate of drug-likeness (QED) is 0.606. The van der Waals surface area contributed by atoms with E-state index in [0.29, 0.717) is 6.54 Å². The van der Waals surface area contributed by atoms with Crippen LogP contribution in [0.25, 0.3) is 0 Å². The lowest BCUT2D eigenvalue weighted by atomic mass is 9.99. The van der Waals surface area contributed by atoms with Crippen LogP contribution in [0.3, 0.4) is 0 Å². The molecule has 1 amide bonds. The minimum atomic E-state index is -0.00342. The van der Waals surface area contributed by atoms with Crippen molar-refractivity contribution in [2.45, 2.75) is 25.0 Å². The Kier molecular flexibility index (Phi) is 6.91. The van der Waals surface area contributed by atoms with Gasteiger partial charge in [-0.1, -0.05) is 91.0 Å². The predicted octanol–water partition coefficient (Wildman–Crippen LogP) is 3.76. The summed E-state index contributed by atoms with van der Waals surface area (Å²) in [5, 5.41) is 6.66. The van der Waals surface area contributed by atoms with E-state index < -0.39 is 0 Å². The van der Waals surface area contributed by atoms with Crippen molar-refractivity contribution in [3.63, 3.8) is 0 Å². The molecule has 0 bridgehead atoms. The Labute approximate surface area is 178 Å². The fraction of sp³-hybridized carbons (Fsp3) is 0.269. The molecule has 3 aromatic rings. The van der Waals surface area contributed by atoms with Crippen LogP contribution in [-0.2, 0) is 11.3 Å². The summed E-state index contributed by atoms with van der Waals surface area (Å²) >= 11 is 0. The highest BCUT2D eigenvalue weighted by molar-refractivity contribution is 5.78. The molecule has 1 aliphatic heterocycles. The van der Waals surface area contributed by atoms with Gasteiger partial charge in [-0.05, 0) is 23.1 Å². The highest BCUT2D eigenvalue weighted by Gasteiger charge is 2.24. The predicted molar refractivity (Wildman–Crippen MR) is 121 cm³/mol. The minimum absolute atomic E-state index is 0.00342. The molecule has 1 aliphatic rings. The second-order valence-electron chi connectivity index (χ2n) is 7.91. The number of likely N-dealkylation sites (tertiary alicyclic amines) is 1. The van der Waals surface area contributed by atoms with Crippen LogP contribution in [0.1, 0.15) is 29.2 Å². The third-order valence-corrected chi connectivity index (χ3v) is 5.62. The van der Waals surface area contributed by atoms with Crippen molar-refractivity contribution >= 4 is 5.91 Å². The number of nitrogens with zero attached hydrogens (tertiary/aromatic N) is 1. The van der Waals surface area contributed by atoms with Crippen LogP contribution in [0, 0.1) is 0 Å². The number of carbonyl (C=O) groups is 1. The molecule has 154 valence electrons. The number of amides is 1. The molecule has 0 aliphatic carbocycles. The Bertz CT molecular complexity index is 875. The van der Waals surface area contributed by atoms with Crippen LogP contribution in [0.2, 0.25) is 0 Å². The van der Waals surface area contributed by atoms with Gasteiger partial charge >= 0.3 is 0 Å². The molecule has 1 saturated heterocycles. The smallest absolute Gasteiger partial charge is 0.234 e. The summed E-state index contributed by atoms with van der Waals surface area (Å²) in [7, 11) is 0. The van der Waals surface area contributed by atoms with Crippen molar-refractivity contribution in [1.29, 1.82) is 0 Å². The molecule has 0 spiro atoms. The number of nitrogens with one attached hydrogen (secondary N) is 2. The standard InChI is InChI=1S/C26H29N3O/c30-25(28-24-16-17-29(20-24)19-21-10-4-1-5-11-21)18-27-26(22-12-6-2-7-13-22)23-14-8-3-9-15-23/h1-15,24,26-27H,16-20H2,(H,28,30)/t24-/m0/s1. The van der Waals surface area contributed by atoms with E-state index in [1.165, 1.54) is 5.56 Å². The van der Waals surface area contributed by atoms with E-state index in [1.807, 2.05) is 42.5 Å². The third-order valence-electron chi connectivity index (χ3n) is 5.62. The van der Waals surface area contributed by atoms with Gasteiger partial charge in [0.1, 0.15) is 0 Å². The third kappa shape index (κ3) is 5.56. The Morgan fingerprint density at radius 3 is 2.03 bits per heavy atom. The molecular formula is C26H29N3O. The molecule has 0 aromatic heterocycles. The van der Waals surface area contributed by atoms with Gasteiger partial charge < -0.3 is 5.32 Å². The van der Waals surface area contributed by atoms with Gasteiger partial charge in [-0.15, -0.1) is 0 Å². The van der Waals surface area contributed by atoms with Gasteiger partial charge in [0.05, 0.1) is 12.6 Å². The first-order valence-corrected chi connectivity index (χ1v) is 10.7. The average Bonchev–Trinajstić information content (AvgIpc) is 3.22. The SMILES string of the molecule is O=C(CNC(c1ccccc1)c1ccccc1)N[C@H]1CCN(Cc2ccccc2)C1. The largest absolute Gasteiger partial charge is 0.351 e. The lowest BCUT2D eigenvalue weighted by Gasteiger charge is -2.21. The molecule has 4 rings (SSSR count). The van der Waals surface area contributed by atoms with E-state index in [9.17, 15) is 4.79 Å². The molecule has 3 aromatic carbocycles. The van der Waals surface area contributed by atoms with Gasteiger partial charge in [0, 0.05) is 25.7 Å². The Morgan fingerprint density at radius 1 is 0.867 bits per heavy atom. The van der Waals surface area contributed by atoms with E-state index >= 15 is 0 Å². The normalized spacial score (nSPS) is 16.6. The maximum Gasteiger partial charge on any atom is 0.234 e. The maximum absolute atomic E-state index is 12.6. The molecular weight excluding hydrogens is 370 g/mol. The van der Waals surface area contributed by atoms with Crippen molar-refractivity contribution in [2.75, 3.05) is 19.6 Å². The second kappa shape index (κ2) is 10.2. The lowest BCUT2D eigenvalue weighted by molar-refractivity contribution is -0.120. The first kappa shape index (κ1) is 20.3. The first-order chi connectivity index (χ1) is 14.8. The summed E-state index contributed by atoms with van der Waals surface area (Å²) in [4.78, 5) is 15.0. The summed E-state index contributed by atoms with van der Waals surface area (Å²) in [5.74, 6) is 0.0541. The second-order valence-corrected chi connectivity index (χ2v) is 7.91. The summed E-state index contributed by atoms with van der Waals surface area (Å²) in [6, 6.07) is 31.3. The van der Waals surface area contributed by atoms with Gasteiger partial charge in [-0.2, -0.15) is 0 Å². The molecule has 30 heavy (non-hydrogen) atoms. The van der Waals surface area contributed by atoms with E-state index in [-0.39, 0.29) is 18.0 Å². The topological polar surface area (TPSA) is 44.4 Å². The number of benzene rings is 3. The minimum Gasteiger partial charge on any atom is -0.351 e. The molecule has 2 N–H and O–H groups in total. The van der Waals surface area contributed by atoms with Crippen LogP contribution in [0.5, 0.6) is 0 Å². The maximum atomic E-state index is 12.6. The average molecular weight is 400 g/mol. The summed E-state index contributed by atoms with van der Waals surface area (Å²) in [5.41, 5.74) is 3.64. The monoisotopic (exact) mass is 399 g/mol. The summed E-state index contributed by atoms with van der Waals surface area (Å²) in [6.07, 6.45) is 0.999. The summed E-state index contributed by atoms with van der Waals surface area (Å²) in [6.45, 7) is 3.16. The van der Waals surface area contributed by atoms with E-state index in [2.05, 4.69) is 64.1 Å². The molecule has 0 unspecified atom stereocenters. The molecule has 4 heteroatoms. The number of hydrogen-bond acceptors (Lipinski definition) is 3. The molecule has 1 atom stereocenters.